The fraction of sp³-hybridized carbons (Fsp3) is 0.417. The molecule has 0 amide bonds. The lowest BCUT2D eigenvalue weighted by Gasteiger charge is -2.22. The Kier molecular flexibility index (Phi) is 4.21. The number of hydrogen-bond donors (Lipinski definition) is 1. The first kappa shape index (κ1) is 14.3. The topological polar surface area (TPSA) is 40.5 Å². The zero-order valence-electron chi connectivity index (χ0n) is 10.1. The summed E-state index contributed by atoms with van der Waals surface area (Å²) in [7, 11) is 0. The van der Waals surface area contributed by atoms with E-state index < -0.39 is 23.3 Å². The lowest BCUT2D eigenvalue weighted by molar-refractivity contribution is -0.0886. The first-order valence-corrected chi connectivity index (χ1v) is 5.50. The van der Waals surface area contributed by atoms with Crippen molar-refractivity contribution in [2.24, 2.45) is 0 Å². The van der Waals surface area contributed by atoms with Crippen LogP contribution in [0.4, 0.5) is 18.9 Å². The van der Waals surface area contributed by atoms with Gasteiger partial charge >= 0.3 is 6.18 Å². The molecule has 0 spiro atoms. The van der Waals surface area contributed by atoms with Crippen LogP contribution >= 0.6 is 0 Å². The smallest absolute Gasteiger partial charge is 0.455 e. The predicted octanol–water partition coefficient (Wildman–Crippen LogP) is 2.98. The zero-order chi connectivity index (χ0) is 13.9. The molecule has 1 aromatic rings. The summed E-state index contributed by atoms with van der Waals surface area (Å²) in [5.74, 6) is -2.69. The van der Waals surface area contributed by atoms with Crippen LogP contribution in [0.25, 0.3) is 0 Å². The Morgan fingerprint density at radius 3 is 2.28 bits per heavy atom. The van der Waals surface area contributed by atoms with E-state index in [1.807, 2.05) is 13.8 Å². The number of halogens is 3. The van der Waals surface area contributed by atoms with Gasteiger partial charge in [0.15, 0.2) is 0 Å². The summed E-state index contributed by atoms with van der Waals surface area (Å²) in [5.41, 5.74) is -0.239. The molecule has 0 atom stereocenters. The van der Waals surface area contributed by atoms with Crippen LogP contribution in [0.3, 0.4) is 0 Å². The SMILES string of the molecule is CCN(CC)c1ccc(O)c(C(=O)C(F)(F)F)c1. The highest BCUT2D eigenvalue weighted by molar-refractivity contribution is 6.03. The van der Waals surface area contributed by atoms with Gasteiger partial charge < -0.3 is 10.0 Å². The number of alkyl halides is 3. The van der Waals surface area contributed by atoms with Gasteiger partial charge in [0, 0.05) is 18.8 Å². The van der Waals surface area contributed by atoms with Crippen molar-refractivity contribution in [1.29, 1.82) is 0 Å². The number of rotatable bonds is 4. The summed E-state index contributed by atoms with van der Waals surface area (Å²) in [6.07, 6.45) is -4.99. The molecule has 0 aliphatic rings. The average Bonchev–Trinajstić information content (AvgIpc) is 2.30. The maximum atomic E-state index is 12.3. The van der Waals surface area contributed by atoms with Gasteiger partial charge in [-0.3, -0.25) is 4.79 Å². The molecule has 6 heteroatoms. The third-order valence-corrected chi connectivity index (χ3v) is 2.61. The van der Waals surface area contributed by atoms with Crippen LogP contribution in [-0.2, 0) is 0 Å². The van der Waals surface area contributed by atoms with E-state index in [1.165, 1.54) is 6.07 Å². The van der Waals surface area contributed by atoms with Crippen molar-refractivity contribution in [2.45, 2.75) is 20.0 Å². The summed E-state index contributed by atoms with van der Waals surface area (Å²) in [5, 5.41) is 9.36. The lowest BCUT2D eigenvalue weighted by Crippen LogP contribution is -2.25. The zero-order valence-corrected chi connectivity index (χ0v) is 10.1. The van der Waals surface area contributed by atoms with Crippen LogP contribution in [0.1, 0.15) is 24.2 Å². The third kappa shape index (κ3) is 2.94. The molecule has 0 aromatic heterocycles. The standard InChI is InChI=1S/C12H14F3NO2/c1-3-16(4-2)8-5-6-10(17)9(7-8)11(18)12(13,14)15/h5-7,17H,3-4H2,1-2H3. The highest BCUT2D eigenvalue weighted by Crippen LogP contribution is 2.30. The first-order chi connectivity index (χ1) is 8.31. The van der Waals surface area contributed by atoms with Crippen LogP contribution < -0.4 is 4.90 Å². The Hall–Kier alpha value is -1.72. The van der Waals surface area contributed by atoms with E-state index in [4.69, 9.17) is 0 Å². The maximum absolute atomic E-state index is 12.3. The summed E-state index contributed by atoms with van der Waals surface area (Å²) in [4.78, 5) is 12.9. The highest BCUT2D eigenvalue weighted by Gasteiger charge is 2.40. The molecule has 0 heterocycles. The summed E-state index contributed by atoms with van der Waals surface area (Å²) in [6.45, 7) is 4.89. The molecule has 3 nitrogen and oxygen atoms in total. The number of Topliss-reactive ketones (excluding diaryl/α,β-unsaturated/α-hetero) is 1. The van der Waals surface area contributed by atoms with Gasteiger partial charge in [-0.25, -0.2) is 0 Å². The molecule has 0 radical (unpaired) electrons. The first-order valence-electron chi connectivity index (χ1n) is 5.50. The number of benzene rings is 1. The number of nitrogens with zero attached hydrogens (tertiary/aromatic N) is 1. The van der Waals surface area contributed by atoms with Gasteiger partial charge in [0.25, 0.3) is 5.78 Å². The number of carbonyl (C=O) groups excluding carboxylic acids is 1. The Balaban J connectivity index is 3.21. The van der Waals surface area contributed by atoms with Crippen molar-refractivity contribution in [3.05, 3.63) is 23.8 Å². The Bertz CT molecular complexity index is 439. The molecule has 18 heavy (non-hydrogen) atoms. The number of carbonyl (C=O) groups is 1. The van der Waals surface area contributed by atoms with Crippen LogP contribution in [0.5, 0.6) is 5.75 Å². The number of aromatic hydroxyl groups is 1. The normalized spacial score (nSPS) is 11.4. The van der Waals surface area contributed by atoms with Crippen molar-refractivity contribution < 1.29 is 23.1 Å². The van der Waals surface area contributed by atoms with Crippen molar-refractivity contribution in [2.75, 3.05) is 18.0 Å². The minimum Gasteiger partial charge on any atom is -0.507 e. The van der Waals surface area contributed by atoms with Crippen LogP contribution in [0.2, 0.25) is 0 Å². The Morgan fingerprint density at radius 1 is 1.28 bits per heavy atom. The number of anilines is 1. The minimum absolute atomic E-state index is 0.477. The summed E-state index contributed by atoms with van der Waals surface area (Å²) >= 11 is 0. The minimum atomic E-state index is -4.99. The van der Waals surface area contributed by atoms with Crippen molar-refractivity contribution >= 4 is 11.5 Å². The second-order valence-corrected chi connectivity index (χ2v) is 3.70. The molecule has 1 aromatic carbocycles. The molecule has 100 valence electrons. The predicted molar refractivity (Wildman–Crippen MR) is 62.1 cm³/mol. The maximum Gasteiger partial charge on any atom is 0.455 e. The van der Waals surface area contributed by atoms with E-state index in [2.05, 4.69) is 0 Å². The fourth-order valence-corrected chi connectivity index (χ4v) is 1.64. The molecule has 0 bridgehead atoms. The molecular formula is C12H14F3NO2. The molecule has 0 saturated carbocycles. The van der Waals surface area contributed by atoms with E-state index in [-0.39, 0.29) is 0 Å². The molecule has 0 fully saturated rings. The van der Waals surface area contributed by atoms with Crippen LogP contribution in [0, 0.1) is 0 Å². The highest BCUT2D eigenvalue weighted by atomic mass is 19.4. The monoisotopic (exact) mass is 261 g/mol. The fourth-order valence-electron chi connectivity index (χ4n) is 1.64. The van der Waals surface area contributed by atoms with Crippen molar-refractivity contribution in [1.82, 2.24) is 0 Å². The van der Waals surface area contributed by atoms with Gasteiger partial charge in [0.05, 0.1) is 5.56 Å². The van der Waals surface area contributed by atoms with E-state index >= 15 is 0 Å². The summed E-state index contributed by atoms with van der Waals surface area (Å²) < 4.78 is 37.0. The Morgan fingerprint density at radius 2 is 1.83 bits per heavy atom. The summed E-state index contributed by atoms with van der Waals surface area (Å²) in [6, 6.07) is 3.65. The van der Waals surface area contributed by atoms with Gasteiger partial charge in [-0.05, 0) is 32.0 Å². The molecule has 0 aliphatic heterocycles. The largest absolute Gasteiger partial charge is 0.507 e. The number of ketones is 1. The van der Waals surface area contributed by atoms with Gasteiger partial charge in [0.2, 0.25) is 0 Å². The van der Waals surface area contributed by atoms with Crippen LogP contribution in [-0.4, -0.2) is 30.2 Å². The van der Waals surface area contributed by atoms with Gasteiger partial charge in [-0.1, -0.05) is 0 Å². The molecule has 0 unspecified atom stereocenters. The van der Waals surface area contributed by atoms with E-state index in [1.54, 1.807) is 4.90 Å². The van der Waals surface area contributed by atoms with Crippen LogP contribution in [0.15, 0.2) is 18.2 Å². The average molecular weight is 261 g/mol. The number of phenols is 1. The molecular weight excluding hydrogens is 247 g/mol. The van der Waals surface area contributed by atoms with Crippen molar-refractivity contribution in [3.63, 3.8) is 0 Å². The van der Waals surface area contributed by atoms with E-state index in [0.717, 1.165) is 12.1 Å². The quantitative estimate of drug-likeness (QED) is 0.847. The van der Waals surface area contributed by atoms with E-state index in [0.29, 0.717) is 18.8 Å². The van der Waals surface area contributed by atoms with E-state index in [9.17, 15) is 23.1 Å². The second kappa shape index (κ2) is 5.29. The van der Waals surface area contributed by atoms with Crippen molar-refractivity contribution in [3.8, 4) is 5.75 Å². The lowest BCUT2D eigenvalue weighted by atomic mass is 10.1. The number of phenolic OH excluding ortho intramolecular Hbond substituents is 1. The third-order valence-electron chi connectivity index (χ3n) is 2.61. The molecule has 1 N–H and O–H groups in total. The van der Waals surface area contributed by atoms with Gasteiger partial charge in [-0.15, -0.1) is 0 Å². The Labute approximate surface area is 103 Å². The number of hydrogen-bond acceptors (Lipinski definition) is 3. The molecule has 0 aliphatic carbocycles. The second-order valence-electron chi connectivity index (χ2n) is 3.70. The van der Waals surface area contributed by atoms with Gasteiger partial charge in [-0.2, -0.15) is 13.2 Å². The molecule has 1 rings (SSSR count). The van der Waals surface area contributed by atoms with Gasteiger partial charge in [0.1, 0.15) is 5.75 Å². The molecule has 0 saturated heterocycles.